The third-order valence-corrected chi connectivity index (χ3v) is 3.72. The molecular weight excluding hydrogens is 226 g/mol. The highest BCUT2D eigenvalue weighted by molar-refractivity contribution is 5.80. The maximum Gasteiger partial charge on any atom is 0.141 e. The average molecular weight is 247 g/mol. The lowest BCUT2D eigenvalue weighted by molar-refractivity contribution is 0.186. The fourth-order valence-electron chi connectivity index (χ4n) is 2.46. The van der Waals surface area contributed by atoms with E-state index in [0.29, 0.717) is 6.42 Å². The standard InChI is InChI=1S/C14H21N3O/c1-14(8-5-9-14)16-12(10-13(15)17-18)11-6-3-2-4-7-11/h2-4,6-7,12,16,18H,5,8-10H2,1H3,(H2,15,17). The lowest BCUT2D eigenvalue weighted by Crippen LogP contribution is -2.50. The van der Waals surface area contributed by atoms with E-state index in [1.807, 2.05) is 18.2 Å². The van der Waals surface area contributed by atoms with E-state index in [1.54, 1.807) is 0 Å². The molecule has 0 radical (unpaired) electrons. The van der Waals surface area contributed by atoms with Crippen LogP contribution in [-0.4, -0.2) is 16.6 Å². The molecule has 1 aromatic rings. The number of amidine groups is 1. The van der Waals surface area contributed by atoms with Gasteiger partial charge in [-0.15, -0.1) is 0 Å². The lowest BCUT2D eigenvalue weighted by Gasteiger charge is -2.42. The molecule has 2 rings (SSSR count). The average Bonchev–Trinajstić information content (AvgIpc) is 2.37. The second-order valence-corrected chi connectivity index (χ2v) is 5.32. The Bertz CT molecular complexity index is 412. The summed E-state index contributed by atoms with van der Waals surface area (Å²) >= 11 is 0. The predicted molar refractivity (Wildman–Crippen MR) is 72.6 cm³/mol. The second-order valence-electron chi connectivity index (χ2n) is 5.32. The van der Waals surface area contributed by atoms with Gasteiger partial charge in [-0.2, -0.15) is 0 Å². The molecule has 1 aliphatic rings. The van der Waals surface area contributed by atoms with Gasteiger partial charge in [0, 0.05) is 18.0 Å². The van der Waals surface area contributed by atoms with Crippen LogP contribution >= 0.6 is 0 Å². The Balaban J connectivity index is 2.12. The molecule has 1 saturated carbocycles. The van der Waals surface area contributed by atoms with Crippen LogP contribution in [0.15, 0.2) is 35.5 Å². The first-order chi connectivity index (χ1) is 8.63. The van der Waals surface area contributed by atoms with Gasteiger partial charge in [0.1, 0.15) is 5.84 Å². The van der Waals surface area contributed by atoms with E-state index in [1.165, 1.54) is 24.8 Å². The van der Waals surface area contributed by atoms with Gasteiger partial charge in [-0.05, 0) is 31.7 Å². The van der Waals surface area contributed by atoms with Gasteiger partial charge >= 0.3 is 0 Å². The smallest absolute Gasteiger partial charge is 0.141 e. The summed E-state index contributed by atoms with van der Waals surface area (Å²) in [7, 11) is 0. The van der Waals surface area contributed by atoms with Gasteiger partial charge in [0.15, 0.2) is 0 Å². The zero-order valence-corrected chi connectivity index (χ0v) is 10.8. The summed E-state index contributed by atoms with van der Waals surface area (Å²) < 4.78 is 0. The zero-order valence-electron chi connectivity index (χ0n) is 10.8. The van der Waals surface area contributed by atoms with Crippen molar-refractivity contribution in [3.8, 4) is 0 Å². The van der Waals surface area contributed by atoms with Crippen LogP contribution in [0, 0.1) is 0 Å². The molecule has 4 nitrogen and oxygen atoms in total. The Labute approximate surface area is 108 Å². The number of nitrogens with zero attached hydrogens (tertiary/aromatic N) is 1. The molecule has 4 heteroatoms. The van der Waals surface area contributed by atoms with Gasteiger partial charge in [0.05, 0.1) is 0 Å². The molecule has 0 amide bonds. The lowest BCUT2D eigenvalue weighted by atomic mass is 9.77. The largest absolute Gasteiger partial charge is 0.409 e. The Morgan fingerprint density at radius 3 is 2.61 bits per heavy atom. The molecule has 0 bridgehead atoms. The van der Waals surface area contributed by atoms with E-state index in [0.717, 1.165) is 0 Å². The highest BCUT2D eigenvalue weighted by Gasteiger charge is 2.34. The molecule has 4 N–H and O–H groups in total. The van der Waals surface area contributed by atoms with Crippen LogP contribution in [-0.2, 0) is 0 Å². The van der Waals surface area contributed by atoms with Crippen LogP contribution in [0.4, 0.5) is 0 Å². The van der Waals surface area contributed by atoms with Crippen LogP contribution in [0.25, 0.3) is 0 Å². The van der Waals surface area contributed by atoms with Gasteiger partial charge in [-0.3, -0.25) is 0 Å². The monoisotopic (exact) mass is 247 g/mol. The third kappa shape index (κ3) is 3.01. The molecule has 18 heavy (non-hydrogen) atoms. The molecular formula is C14H21N3O. The Morgan fingerprint density at radius 2 is 2.11 bits per heavy atom. The van der Waals surface area contributed by atoms with Crippen molar-refractivity contribution in [2.75, 3.05) is 0 Å². The van der Waals surface area contributed by atoms with Crippen molar-refractivity contribution in [3.05, 3.63) is 35.9 Å². The minimum atomic E-state index is 0.104. The minimum absolute atomic E-state index is 0.104. The fourth-order valence-corrected chi connectivity index (χ4v) is 2.46. The van der Waals surface area contributed by atoms with E-state index in [4.69, 9.17) is 10.9 Å². The quantitative estimate of drug-likeness (QED) is 0.324. The van der Waals surface area contributed by atoms with Crippen LogP contribution in [0.2, 0.25) is 0 Å². The number of rotatable bonds is 5. The number of hydrogen-bond donors (Lipinski definition) is 3. The number of nitrogens with one attached hydrogen (secondary N) is 1. The van der Waals surface area contributed by atoms with Crippen molar-refractivity contribution in [2.45, 2.75) is 44.2 Å². The molecule has 1 unspecified atom stereocenters. The van der Waals surface area contributed by atoms with Crippen LogP contribution < -0.4 is 11.1 Å². The van der Waals surface area contributed by atoms with Gasteiger partial charge < -0.3 is 16.3 Å². The number of hydrogen-bond acceptors (Lipinski definition) is 3. The van der Waals surface area contributed by atoms with E-state index in [-0.39, 0.29) is 17.4 Å². The normalized spacial score (nSPS) is 20.2. The van der Waals surface area contributed by atoms with Crippen molar-refractivity contribution in [1.82, 2.24) is 5.32 Å². The molecule has 0 saturated heterocycles. The van der Waals surface area contributed by atoms with Crippen molar-refractivity contribution >= 4 is 5.84 Å². The van der Waals surface area contributed by atoms with Gasteiger partial charge in [0.25, 0.3) is 0 Å². The summed E-state index contributed by atoms with van der Waals surface area (Å²) in [6, 6.07) is 10.3. The molecule has 1 aromatic carbocycles. The maximum atomic E-state index is 8.74. The maximum absolute atomic E-state index is 8.74. The number of benzene rings is 1. The molecule has 0 aromatic heterocycles. The van der Waals surface area contributed by atoms with Gasteiger partial charge in [-0.1, -0.05) is 35.5 Å². The summed E-state index contributed by atoms with van der Waals surface area (Å²) in [6.07, 6.45) is 4.17. The fraction of sp³-hybridized carbons (Fsp3) is 0.500. The molecule has 0 aliphatic heterocycles. The number of nitrogens with two attached hydrogens (primary N) is 1. The zero-order chi connectivity index (χ0) is 13.0. The summed E-state index contributed by atoms with van der Waals surface area (Å²) in [5.41, 5.74) is 7.02. The first-order valence-electron chi connectivity index (χ1n) is 6.42. The van der Waals surface area contributed by atoms with Crippen LogP contribution in [0.1, 0.15) is 44.2 Å². The SMILES string of the molecule is CC1(NC(C/C(N)=N/O)c2ccccc2)CCC1. The van der Waals surface area contributed by atoms with Gasteiger partial charge in [-0.25, -0.2) is 0 Å². The Morgan fingerprint density at radius 1 is 1.44 bits per heavy atom. The summed E-state index contributed by atoms with van der Waals surface area (Å²) in [6.45, 7) is 2.23. The summed E-state index contributed by atoms with van der Waals surface area (Å²) in [5, 5.41) is 15.5. The topological polar surface area (TPSA) is 70.6 Å². The molecule has 98 valence electrons. The predicted octanol–water partition coefficient (Wildman–Crippen LogP) is 2.40. The first-order valence-corrected chi connectivity index (χ1v) is 6.42. The Kier molecular flexibility index (Phi) is 3.87. The van der Waals surface area contributed by atoms with Crippen molar-refractivity contribution < 1.29 is 5.21 Å². The second kappa shape index (κ2) is 5.40. The third-order valence-electron chi connectivity index (χ3n) is 3.72. The number of oxime groups is 1. The minimum Gasteiger partial charge on any atom is -0.409 e. The van der Waals surface area contributed by atoms with Gasteiger partial charge in [0.2, 0.25) is 0 Å². The van der Waals surface area contributed by atoms with Crippen molar-refractivity contribution in [1.29, 1.82) is 0 Å². The summed E-state index contributed by atoms with van der Waals surface area (Å²) in [5.74, 6) is 0.263. The van der Waals surface area contributed by atoms with Crippen LogP contribution in [0.3, 0.4) is 0 Å². The molecule has 1 atom stereocenters. The van der Waals surface area contributed by atoms with E-state index < -0.39 is 0 Å². The van der Waals surface area contributed by atoms with Crippen molar-refractivity contribution in [3.63, 3.8) is 0 Å². The highest BCUT2D eigenvalue weighted by atomic mass is 16.4. The molecule has 0 heterocycles. The van der Waals surface area contributed by atoms with E-state index in [9.17, 15) is 0 Å². The van der Waals surface area contributed by atoms with E-state index in [2.05, 4.69) is 29.5 Å². The molecule has 1 fully saturated rings. The Hall–Kier alpha value is -1.55. The summed E-state index contributed by atoms with van der Waals surface area (Å²) in [4.78, 5) is 0. The highest BCUT2D eigenvalue weighted by Crippen LogP contribution is 2.34. The van der Waals surface area contributed by atoms with E-state index >= 15 is 0 Å². The first kappa shape index (κ1) is 12.9. The molecule has 1 aliphatic carbocycles. The molecule has 0 spiro atoms. The van der Waals surface area contributed by atoms with Crippen LogP contribution in [0.5, 0.6) is 0 Å². The van der Waals surface area contributed by atoms with Crippen molar-refractivity contribution in [2.24, 2.45) is 10.9 Å².